The predicted molar refractivity (Wildman–Crippen MR) is 64.2 cm³/mol. The van der Waals surface area contributed by atoms with Gasteiger partial charge in [0.05, 0.1) is 0 Å². The Labute approximate surface area is 102 Å². The van der Waals surface area contributed by atoms with Crippen molar-refractivity contribution in [1.82, 2.24) is 20.2 Å². The molecular weight excluding hydrogens is 246 g/mol. The molecule has 2 N–H and O–H groups in total. The van der Waals surface area contributed by atoms with E-state index in [-0.39, 0.29) is 0 Å². The number of tetrazole rings is 1. The molecule has 1 aromatic carbocycles. The highest BCUT2D eigenvalue weighted by Crippen LogP contribution is 2.28. The van der Waals surface area contributed by atoms with Gasteiger partial charge in [0.25, 0.3) is 0 Å². The molecule has 1 aromatic heterocycles. The molecule has 0 aliphatic carbocycles. The minimum absolute atomic E-state index is 0.652. The van der Waals surface area contributed by atoms with Crippen LogP contribution in [0.3, 0.4) is 0 Å². The second-order valence-electron chi connectivity index (χ2n) is 3.18. The average Bonchev–Trinajstić information content (AvgIpc) is 2.64. The lowest BCUT2D eigenvalue weighted by molar-refractivity contribution is 0.664. The van der Waals surface area contributed by atoms with Crippen LogP contribution >= 0.6 is 23.4 Å². The quantitative estimate of drug-likeness (QED) is 0.668. The van der Waals surface area contributed by atoms with E-state index in [0.29, 0.717) is 16.5 Å². The second kappa shape index (κ2) is 4.71. The zero-order valence-corrected chi connectivity index (χ0v) is 10.2. The third-order valence-electron chi connectivity index (χ3n) is 2.08. The van der Waals surface area contributed by atoms with Crippen molar-refractivity contribution >= 4 is 29.1 Å². The van der Waals surface area contributed by atoms with E-state index in [4.69, 9.17) is 17.3 Å². The maximum Gasteiger partial charge on any atom is 0.209 e. The number of nitrogens with zero attached hydrogens (tertiary/aromatic N) is 4. The number of anilines is 1. The van der Waals surface area contributed by atoms with Crippen LogP contribution in [0.2, 0.25) is 5.02 Å². The second-order valence-corrected chi connectivity index (χ2v) is 4.53. The van der Waals surface area contributed by atoms with Gasteiger partial charge in [-0.2, -0.15) is 0 Å². The Hall–Kier alpha value is -1.27. The highest BCUT2D eigenvalue weighted by Gasteiger charge is 2.08. The molecule has 2 rings (SSSR count). The van der Waals surface area contributed by atoms with Gasteiger partial charge in [-0.1, -0.05) is 29.4 Å². The van der Waals surface area contributed by atoms with Crippen LogP contribution in [-0.2, 0) is 12.8 Å². The summed E-state index contributed by atoms with van der Waals surface area (Å²) in [6.07, 6.45) is 0. The molecule has 0 unspecified atom stereocenters. The van der Waals surface area contributed by atoms with Crippen molar-refractivity contribution in [3.8, 4) is 0 Å². The number of aryl methyl sites for hydroxylation is 1. The minimum Gasteiger partial charge on any atom is -0.398 e. The molecule has 0 bridgehead atoms. The summed E-state index contributed by atoms with van der Waals surface area (Å²) in [4.78, 5) is 0. The van der Waals surface area contributed by atoms with E-state index in [1.165, 1.54) is 11.8 Å². The SMILES string of the molecule is Cn1nnnc1SCc1c(N)cccc1Cl. The molecule has 0 amide bonds. The standard InChI is InChI=1S/C9H10ClN5S/c1-15-9(12-13-14-15)16-5-6-7(10)3-2-4-8(6)11/h2-4H,5,11H2,1H3. The van der Waals surface area contributed by atoms with E-state index >= 15 is 0 Å². The van der Waals surface area contributed by atoms with Crippen molar-refractivity contribution in [2.24, 2.45) is 7.05 Å². The summed E-state index contributed by atoms with van der Waals surface area (Å²) >= 11 is 7.56. The first-order valence-corrected chi connectivity index (χ1v) is 5.93. The van der Waals surface area contributed by atoms with Gasteiger partial charge < -0.3 is 5.73 Å². The molecule has 0 saturated heterocycles. The van der Waals surface area contributed by atoms with Gasteiger partial charge in [-0.15, -0.1) is 5.10 Å². The lowest BCUT2D eigenvalue weighted by Crippen LogP contribution is -1.96. The van der Waals surface area contributed by atoms with Crippen LogP contribution in [0.25, 0.3) is 0 Å². The third-order valence-corrected chi connectivity index (χ3v) is 3.47. The number of hydrogen-bond acceptors (Lipinski definition) is 5. The number of hydrogen-bond donors (Lipinski definition) is 1. The molecule has 2 aromatic rings. The van der Waals surface area contributed by atoms with Gasteiger partial charge in [-0.3, -0.25) is 0 Å². The van der Waals surface area contributed by atoms with Crippen molar-refractivity contribution in [2.75, 3.05) is 5.73 Å². The Kier molecular flexibility index (Phi) is 3.31. The zero-order valence-electron chi connectivity index (χ0n) is 8.59. The summed E-state index contributed by atoms with van der Waals surface area (Å²) in [6.45, 7) is 0. The summed E-state index contributed by atoms with van der Waals surface area (Å²) in [7, 11) is 1.79. The van der Waals surface area contributed by atoms with Crippen molar-refractivity contribution in [3.05, 3.63) is 28.8 Å². The third kappa shape index (κ3) is 2.28. The lowest BCUT2D eigenvalue weighted by atomic mass is 10.2. The summed E-state index contributed by atoms with van der Waals surface area (Å²) < 4.78 is 1.61. The molecule has 0 atom stereocenters. The largest absolute Gasteiger partial charge is 0.398 e. The fourth-order valence-corrected chi connectivity index (χ4v) is 2.45. The molecule has 5 nitrogen and oxygen atoms in total. The summed E-state index contributed by atoms with van der Waals surface area (Å²) in [5.41, 5.74) is 7.45. The number of thioether (sulfide) groups is 1. The van der Waals surface area contributed by atoms with E-state index in [9.17, 15) is 0 Å². The predicted octanol–water partition coefficient (Wildman–Crippen LogP) is 1.74. The van der Waals surface area contributed by atoms with Crippen LogP contribution in [0.4, 0.5) is 5.69 Å². The first kappa shape index (κ1) is 11.2. The van der Waals surface area contributed by atoms with E-state index < -0.39 is 0 Å². The number of rotatable bonds is 3. The molecular formula is C9H10ClN5S. The van der Waals surface area contributed by atoms with E-state index in [0.717, 1.165) is 10.7 Å². The summed E-state index contributed by atoms with van der Waals surface area (Å²) in [5, 5.41) is 12.6. The summed E-state index contributed by atoms with van der Waals surface area (Å²) in [6, 6.07) is 5.48. The van der Waals surface area contributed by atoms with Gasteiger partial charge in [-0.05, 0) is 22.6 Å². The summed E-state index contributed by atoms with van der Waals surface area (Å²) in [5.74, 6) is 0.652. The van der Waals surface area contributed by atoms with Crippen LogP contribution in [0.15, 0.2) is 23.4 Å². The van der Waals surface area contributed by atoms with E-state index in [1.807, 2.05) is 18.2 Å². The Morgan fingerprint density at radius 3 is 2.94 bits per heavy atom. The number of aromatic nitrogens is 4. The van der Waals surface area contributed by atoms with Crippen molar-refractivity contribution in [3.63, 3.8) is 0 Å². The number of benzene rings is 1. The van der Waals surface area contributed by atoms with Crippen molar-refractivity contribution in [1.29, 1.82) is 0 Å². The number of nitrogen functional groups attached to an aromatic ring is 1. The lowest BCUT2D eigenvalue weighted by Gasteiger charge is -2.06. The molecule has 0 spiro atoms. The first-order valence-electron chi connectivity index (χ1n) is 4.56. The normalized spacial score (nSPS) is 10.6. The van der Waals surface area contributed by atoms with Gasteiger partial charge in [0, 0.05) is 29.1 Å². The monoisotopic (exact) mass is 255 g/mol. The Morgan fingerprint density at radius 2 is 2.31 bits per heavy atom. The van der Waals surface area contributed by atoms with Crippen LogP contribution in [-0.4, -0.2) is 20.2 Å². The number of halogens is 1. The van der Waals surface area contributed by atoms with Gasteiger partial charge in [-0.25, -0.2) is 4.68 Å². The molecule has 0 aliphatic rings. The smallest absolute Gasteiger partial charge is 0.209 e. The zero-order chi connectivity index (χ0) is 11.5. The van der Waals surface area contributed by atoms with E-state index in [2.05, 4.69) is 15.5 Å². The topological polar surface area (TPSA) is 69.6 Å². The molecule has 0 fully saturated rings. The maximum absolute atomic E-state index is 6.06. The Balaban J connectivity index is 2.14. The Morgan fingerprint density at radius 1 is 1.50 bits per heavy atom. The molecule has 0 saturated carbocycles. The van der Waals surface area contributed by atoms with Crippen LogP contribution < -0.4 is 5.73 Å². The fourth-order valence-electron chi connectivity index (χ4n) is 1.21. The van der Waals surface area contributed by atoms with Crippen LogP contribution in [0.1, 0.15) is 5.56 Å². The first-order chi connectivity index (χ1) is 7.68. The van der Waals surface area contributed by atoms with Crippen LogP contribution in [0, 0.1) is 0 Å². The molecule has 84 valence electrons. The van der Waals surface area contributed by atoms with Gasteiger partial charge in [0.15, 0.2) is 0 Å². The van der Waals surface area contributed by atoms with Gasteiger partial charge in [0.2, 0.25) is 5.16 Å². The Bertz CT molecular complexity index is 478. The van der Waals surface area contributed by atoms with Gasteiger partial charge in [0.1, 0.15) is 0 Å². The number of nitrogens with two attached hydrogens (primary N) is 1. The highest BCUT2D eigenvalue weighted by atomic mass is 35.5. The van der Waals surface area contributed by atoms with Crippen molar-refractivity contribution in [2.45, 2.75) is 10.9 Å². The fraction of sp³-hybridized carbons (Fsp3) is 0.222. The molecule has 0 aliphatic heterocycles. The highest BCUT2D eigenvalue weighted by molar-refractivity contribution is 7.98. The molecule has 7 heteroatoms. The van der Waals surface area contributed by atoms with Crippen LogP contribution in [0.5, 0.6) is 0 Å². The van der Waals surface area contributed by atoms with E-state index in [1.54, 1.807) is 11.7 Å². The van der Waals surface area contributed by atoms with Gasteiger partial charge >= 0.3 is 0 Å². The minimum atomic E-state index is 0.652. The molecule has 16 heavy (non-hydrogen) atoms. The molecule has 0 radical (unpaired) electrons. The maximum atomic E-state index is 6.06. The average molecular weight is 256 g/mol. The molecule has 1 heterocycles. The van der Waals surface area contributed by atoms with Crippen molar-refractivity contribution < 1.29 is 0 Å².